The minimum atomic E-state index is -0.492. The predicted molar refractivity (Wildman–Crippen MR) is 144 cm³/mol. The largest absolute Gasteiger partial charge is 0.497 e. The number of ether oxygens (including phenoxy) is 2. The Morgan fingerprint density at radius 3 is 2.42 bits per heavy atom. The molecule has 5 rings (SSSR count). The highest BCUT2D eigenvalue weighted by molar-refractivity contribution is 6.12. The number of hydrogen-bond donors (Lipinski definition) is 0. The van der Waals surface area contributed by atoms with Crippen LogP contribution in [0.15, 0.2) is 54.6 Å². The number of anilines is 1. The van der Waals surface area contributed by atoms with E-state index in [1.807, 2.05) is 88.0 Å². The van der Waals surface area contributed by atoms with Crippen molar-refractivity contribution in [3.63, 3.8) is 0 Å². The van der Waals surface area contributed by atoms with Crippen LogP contribution in [0.4, 0.5) is 10.5 Å². The third-order valence-electron chi connectivity index (χ3n) is 6.55. The van der Waals surface area contributed by atoms with Gasteiger partial charge in [-0.25, -0.2) is 4.79 Å². The Labute approximate surface area is 213 Å². The molecule has 1 fully saturated rings. The SMILES string of the molecule is CC.COc1cc(N2CCc3cc(C4CN(C(=O)OC(C)(C)C)C4)ccc3C2=O)c2ccccc2c1. The van der Waals surface area contributed by atoms with Gasteiger partial charge in [0.2, 0.25) is 0 Å². The number of benzene rings is 3. The molecule has 6 heteroatoms. The van der Waals surface area contributed by atoms with Crippen LogP contribution in [0.1, 0.15) is 62.0 Å². The third kappa shape index (κ3) is 5.03. The molecule has 3 aromatic carbocycles. The molecule has 2 heterocycles. The van der Waals surface area contributed by atoms with Crippen molar-refractivity contribution in [2.45, 2.75) is 52.6 Å². The average molecular weight is 489 g/mol. The lowest BCUT2D eigenvalue weighted by atomic mass is 9.87. The molecule has 2 aliphatic rings. The molecule has 3 aromatic rings. The van der Waals surface area contributed by atoms with Gasteiger partial charge in [0, 0.05) is 42.6 Å². The molecule has 0 aliphatic carbocycles. The average Bonchev–Trinajstić information content (AvgIpc) is 2.83. The van der Waals surface area contributed by atoms with Crippen LogP contribution in [0, 0.1) is 0 Å². The Kier molecular flexibility index (Phi) is 7.25. The first kappa shape index (κ1) is 25.5. The fourth-order valence-corrected chi connectivity index (χ4v) is 4.76. The van der Waals surface area contributed by atoms with Crippen LogP contribution in [0.25, 0.3) is 10.8 Å². The molecule has 0 spiro atoms. The molecule has 6 nitrogen and oxygen atoms in total. The topological polar surface area (TPSA) is 59.1 Å². The molecule has 0 atom stereocenters. The van der Waals surface area contributed by atoms with E-state index >= 15 is 0 Å². The molecular formula is C30H36N2O4. The summed E-state index contributed by atoms with van der Waals surface area (Å²) in [6, 6.07) is 18.1. The Bertz CT molecular complexity index is 1270. The standard InChI is InChI=1S/C28H30N2O4.C2H6/c1-28(2,3)34-27(32)29-16-21(17-29)18-9-10-24-20(13-18)11-12-30(26(24)31)25-15-22(33-4)14-19-7-5-6-8-23(19)25;1-2/h5-10,13-15,21H,11-12,16-17H2,1-4H3;1-2H3. The zero-order chi connectivity index (χ0) is 26.0. The summed E-state index contributed by atoms with van der Waals surface area (Å²) >= 11 is 0. The van der Waals surface area contributed by atoms with Gasteiger partial charge < -0.3 is 19.3 Å². The van der Waals surface area contributed by atoms with E-state index in [9.17, 15) is 9.59 Å². The maximum absolute atomic E-state index is 13.5. The molecule has 190 valence electrons. The van der Waals surface area contributed by atoms with Crippen LogP contribution < -0.4 is 9.64 Å². The number of carbonyl (C=O) groups is 2. The van der Waals surface area contributed by atoms with Crippen LogP contribution in [-0.2, 0) is 11.2 Å². The van der Waals surface area contributed by atoms with Gasteiger partial charge in [-0.05, 0) is 55.8 Å². The molecule has 2 amide bonds. The zero-order valence-corrected chi connectivity index (χ0v) is 22.1. The number of hydrogen-bond acceptors (Lipinski definition) is 4. The number of nitrogens with zero attached hydrogens (tertiary/aromatic N) is 2. The van der Waals surface area contributed by atoms with Gasteiger partial charge in [-0.15, -0.1) is 0 Å². The minimum absolute atomic E-state index is 0.00944. The Balaban J connectivity index is 0.00000148. The second-order valence-corrected chi connectivity index (χ2v) is 10.1. The molecule has 0 bridgehead atoms. The first-order valence-electron chi connectivity index (χ1n) is 12.7. The molecule has 0 aromatic heterocycles. The van der Waals surface area contributed by atoms with Gasteiger partial charge >= 0.3 is 6.09 Å². The van der Waals surface area contributed by atoms with Crippen molar-refractivity contribution in [2.24, 2.45) is 0 Å². The van der Waals surface area contributed by atoms with Crippen molar-refractivity contribution in [3.05, 3.63) is 71.3 Å². The first-order chi connectivity index (χ1) is 17.2. The van der Waals surface area contributed by atoms with Crippen molar-refractivity contribution < 1.29 is 19.1 Å². The lowest BCUT2D eigenvalue weighted by molar-refractivity contribution is 0.00819. The number of amides is 2. The molecule has 36 heavy (non-hydrogen) atoms. The number of rotatable bonds is 3. The van der Waals surface area contributed by atoms with Crippen LogP contribution in [0.3, 0.4) is 0 Å². The normalized spacial score (nSPS) is 15.6. The summed E-state index contributed by atoms with van der Waals surface area (Å²) in [5, 5.41) is 2.08. The smallest absolute Gasteiger partial charge is 0.410 e. The van der Waals surface area contributed by atoms with Crippen molar-refractivity contribution in [1.82, 2.24) is 4.90 Å². The van der Waals surface area contributed by atoms with Crippen LogP contribution >= 0.6 is 0 Å². The maximum atomic E-state index is 13.5. The lowest BCUT2D eigenvalue weighted by Gasteiger charge is -2.40. The highest BCUT2D eigenvalue weighted by atomic mass is 16.6. The summed E-state index contributed by atoms with van der Waals surface area (Å²) in [4.78, 5) is 29.4. The van der Waals surface area contributed by atoms with Gasteiger partial charge in [-0.3, -0.25) is 4.79 Å². The van der Waals surface area contributed by atoms with E-state index in [0.29, 0.717) is 19.6 Å². The fourth-order valence-electron chi connectivity index (χ4n) is 4.76. The summed E-state index contributed by atoms with van der Waals surface area (Å²) in [5.41, 5.74) is 3.37. The van der Waals surface area contributed by atoms with Crippen molar-refractivity contribution in [2.75, 3.05) is 31.6 Å². The zero-order valence-electron chi connectivity index (χ0n) is 22.1. The third-order valence-corrected chi connectivity index (χ3v) is 6.55. The van der Waals surface area contributed by atoms with E-state index in [0.717, 1.165) is 39.8 Å². The highest BCUT2D eigenvalue weighted by Gasteiger charge is 2.35. The number of likely N-dealkylation sites (tertiary alicyclic amines) is 1. The van der Waals surface area contributed by atoms with Crippen molar-refractivity contribution in [1.29, 1.82) is 0 Å². The maximum Gasteiger partial charge on any atom is 0.410 e. The van der Waals surface area contributed by atoms with Crippen molar-refractivity contribution in [3.8, 4) is 5.75 Å². The van der Waals surface area contributed by atoms with E-state index in [2.05, 4.69) is 6.07 Å². The quantitative estimate of drug-likeness (QED) is 0.427. The van der Waals surface area contributed by atoms with Gasteiger partial charge in [0.15, 0.2) is 0 Å². The van der Waals surface area contributed by atoms with Gasteiger partial charge in [0.25, 0.3) is 5.91 Å². The van der Waals surface area contributed by atoms with Gasteiger partial charge in [0.05, 0.1) is 12.8 Å². The summed E-state index contributed by atoms with van der Waals surface area (Å²) < 4.78 is 11.0. The summed E-state index contributed by atoms with van der Waals surface area (Å²) in [5.74, 6) is 1.02. The van der Waals surface area contributed by atoms with Crippen LogP contribution in [-0.4, -0.2) is 49.2 Å². The van der Waals surface area contributed by atoms with Crippen LogP contribution in [0.5, 0.6) is 5.75 Å². The Morgan fingerprint density at radius 2 is 1.72 bits per heavy atom. The van der Waals surface area contributed by atoms with E-state index in [-0.39, 0.29) is 17.9 Å². The lowest BCUT2D eigenvalue weighted by Crippen LogP contribution is -2.50. The van der Waals surface area contributed by atoms with E-state index < -0.39 is 5.60 Å². The fraction of sp³-hybridized carbons (Fsp3) is 0.400. The Hall–Kier alpha value is -3.54. The highest BCUT2D eigenvalue weighted by Crippen LogP contribution is 2.36. The summed E-state index contributed by atoms with van der Waals surface area (Å²) in [6.07, 6.45) is 0.515. The first-order valence-corrected chi connectivity index (χ1v) is 12.7. The number of methoxy groups -OCH3 is 1. The van der Waals surface area contributed by atoms with Gasteiger partial charge in [-0.2, -0.15) is 0 Å². The van der Waals surface area contributed by atoms with Crippen LogP contribution in [0.2, 0.25) is 0 Å². The molecule has 0 N–H and O–H groups in total. The van der Waals surface area contributed by atoms with Crippen molar-refractivity contribution >= 4 is 28.5 Å². The summed E-state index contributed by atoms with van der Waals surface area (Å²) in [7, 11) is 1.65. The van der Waals surface area contributed by atoms with E-state index in [4.69, 9.17) is 9.47 Å². The molecular weight excluding hydrogens is 452 g/mol. The van der Waals surface area contributed by atoms with E-state index in [1.165, 1.54) is 5.56 Å². The molecule has 0 saturated carbocycles. The minimum Gasteiger partial charge on any atom is -0.497 e. The molecule has 1 saturated heterocycles. The second-order valence-electron chi connectivity index (χ2n) is 10.1. The number of carbonyl (C=O) groups excluding carboxylic acids is 2. The Morgan fingerprint density at radius 1 is 1.00 bits per heavy atom. The van der Waals surface area contributed by atoms with E-state index in [1.54, 1.807) is 12.0 Å². The summed E-state index contributed by atoms with van der Waals surface area (Å²) in [6.45, 7) is 11.5. The van der Waals surface area contributed by atoms with Gasteiger partial charge in [0.1, 0.15) is 11.4 Å². The predicted octanol–water partition coefficient (Wildman–Crippen LogP) is 6.41. The van der Waals surface area contributed by atoms with Gasteiger partial charge in [-0.1, -0.05) is 50.2 Å². The molecule has 2 aliphatic heterocycles. The number of fused-ring (bicyclic) bond motifs is 2. The second kappa shape index (κ2) is 10.2. The molecule has 0 radical (unpaired) electrons. The molecule has 0 unspecified atom stereocenters. The monoisotopic (exact) mass is 488 g/mol.